The average Bonchev–Trinajstić information content (AvgIpc) is 2.98. The summed E-state index contributed by atoms with van der Waals surface area (Å²) in [6.45, 7) is 7.99. The summed E-state index contributed by atoms with van der Waals surface area (Å²) < 4.78 is 5.38. The van der Waals surface area contributed by atoms with Crippen molar-refractivity contribution in [1.29, 1.82) is 0 Å². The summed E-state index contributed by atoms with van der Waals surface area (Å²) in [5, 5.41) is 0. The summed E-state index contributed by atoms with van der Waals surface area (Å²) >= 11 is 1.95. The number of thiophene rings is 1. The van der Waals surface area contributed by atoms with E-state index in [0.29, 0.717) is 11.5 Å². The van der Waals surface area contributed by atoms with E-state index in [9.17, 15) is 0 Å². The lowest BCUT2D eigenvalue weighted by molar-refractivity contribution is 0.105. The van der Waals surface area contributed by atoms with E-state index in [2.05, 4.69) is 35.9 Å². The van der Waals surface area contributed by atoms with Crippen LogP contribution in [0.5, 0.6) is 0 Å². The van der Waals surface area contributed by atoms with Gasteiger partial charge in [-0.1, -0.05) is 0 Å². The number of ether oxygens (including phenoxy) is 1. The fourth-order valence-electron chi connectivity index (χ4n) is 4.10. The first kappa shape index (κ1) is 15.5. The number of nitrogens with zero attached hydrogens (tertiary/aromatic N) is 2. The van der Waals surface area contributed by atoms with Crippen LogP contribution in [0.3, 0.4) is 0 Å². The molecule has 0 amide bonds. The van der Waals surface area contributed by atoms with Gasteiger partial charge in [-0.25, -0.2) is 0 Å². The Hall–Kier alpha value is -0.420. The first-order valence-corrected chi connectivity index (χ1v) is 8.89. The van der Waals surface area contributed by atoms with Gasteiger partial charge in [0, 0.05) is 36.0 Å². The summed E-state index contributed by atoms with van der Waals surface area (Å²) in [5.41, 5.74) is 0.555. The second-order valence-corrected chi connectivity index (χ2v) is 8.39. The molecule has 0 bridgehead atoms. The molecule has 2 aliphatic rings. The maximum Gasteiger partial charge on any atom is 0.0618 e. The highest BCUT2D eigenvalue weighted by Gasteiger charge is 2.43. The average molecular weight is 308 g/mol. The molecule has 1 spiro atoms. The Labute approximate surface area is 132 Å². The largest absolute Gasteiger partial charge is 0.383 e. The van der Waals surface area contributed by atoms with Gasteiger partial charge in [0.25, 0.3) is 0 Å². The monoisotopic (exact) mass is 308 g/mol. The van der Waals surface area contributed by atoms with Crippen LogP contribution in [0.25, 0.3) is 0 Å². The van der Waals surface area contributed by atoms with Gasteiger partial charge in [0.15, 0.2) is 0 Å². The number of piperidine rings is 1. The topological polar surface area (TPSA) is 15.7 Å². The number of rotatable bonds is 4. The number of aryl methyl sites for hydroxylation is 1. The first-order valence-electron chi connectivity index (χ1n) is 8.07. The number of hydrogen-bond donors (Lipinski definition) is 0. The van der Waals surface area contributed by atoms with Crippen LogP contribution in [0.1, 0.15) is 29.0 Å². The lowest BCUT2D eigenvalue weighted by Gasteiger charge is -2.39. The molecule has 0 aliphatic carbocycles. The molecular formula is C17H28N2OS. The highest BCUT2D eigenvalue weighted by atomic mass is 32.1. The molecule has 3 rings (SSSR count). The van der Waals surface area contributed by atoms with E-state index in [0.717, 1.165) is 13.2 Å². The predicted molar refractivity (Wildman–Crippen MR) is 88.9 cm³/mol. The minimum atomic E-state index is 0.555. The molecule has 3 heterocycles. The molecule has 1 aromatic heterocycles. The molecule has 4 heteroatoms. The lowest BCUT2D eigenvalue weighted by Crippen LogP contribution is -2.40. The summed E-state index contributed by atoms with van der Waals surface area (Å²) in [4.78, 5) is 8.10. The maximum atomic E-state index is 5.38. The SMILES string of the molecule is COC[C@H]1CC2(CCN(Cc3ccc(C)s3)CC2)CN1C. The minimum Gasteiger partial charge on any atom is -0.383 e. The zero-order valence-corrected chi connectivity index (χ0v) is 14.4. The molecule has 1 aromatic rings. The lowest BCUT2D eigenvalue weighted by atomic mass is 9.76. The van der Waals surface area contributed by atoms with Crippen molar-refractivity contribution in [3.8, 4) is 0 Å². The third kappa shape index (κ3) is 3.50. The highest BCUT2D eigenvalue weighted by molar-refractivity contribution is 7.11. The normalized spacial score (nSPS) is 26.7. The van der Waals surface area contributed by atoms with Crippen molar-refractivity contribution in [2.75, 3.05) is 40.4 Å². The first-order chi connectivity index (χ1) is 10.1. The third-order valence-corrected chi connectivity index (χ3v) is 6.31. The number of likely N-dealkylation sites (tertiary alicyclic amines) is 2. The van der Waals surface area contributed by atoms with Crippen LogP contribution in [0.2, 0.25) is 0 Å². The van der Waals surface area contributed by atoms with Gasteiger partial charge in [-0.2, -0.15) is 0 Å². The summed E-state index contributed by atoms with van der Waals surface area (Å²) in [5.74, 6) is 0. The summed E-state index contributed by atoms with van der Waals surface area (Å²) in [6.07, 6.45) is 4.02. The van der Waals surface area contributed by atoms with Gasteiger partial charge in [-0.3, -0.25) is 4.90 Å². The van der Waals surface area contributed by atoms with Crippen molar-refractivity contribution < 1.29 is 4.74 Å². The Bertz CT molecular complexity index is 465. The number of methoxy groups -OCH3 is 1. The van der Waals surface area contributed by atoms with Gasteiger partial charge < -0.3 is 9.64 Å². The van der Waals surface area contributed by atoms with Crippen molar-refractivity contribution in [1.82, 2.24) is 9.80 Å². The minimum absolute atomic E-state index is 0.555. The van der Waals surface area contributed by atoms with Crippen LogP contribution in [0, 0.1) is 12.3 Å². The molecule has 2 fully saturated rings. The third-order valence-electron chi connectivity index (χ3n) is 5.33. The van der Waals surface area contributed by atoms with Crippen LogP contribution in [0.4, 0.5) is 0 Å². The molecule has 0 radical (unpaired) electrons. The zero-order chi connectivity index (χ0) is 14.9. The molecule has 0 unspecified atom stereocenters. The van der Waals surface area contributed by atoms with Crippen molar-refractivity contribution in [2.45, 2.75) is 38.8 Å². The standard InChI is InChI=1S/C17H28N2OS/c1-14-4-5-16(21-14)11-19-8-6-17(7-9-19)10-15(12-20-3)18(2)13-17/h4-5,15H,6-13H2,1-3H3/t15-/m1/s1. The number of likely N-dealkylation sites (N-methyl/N-ethyl adjacent to an activating group) is 1. The van der Waals surface area contributed by atoms with E-state index in [1.54, 1.807) is 0 Å². The molecule has 2 saturated heterocycles. The molecule has 0 aromatic carbocycles. The number of hydrogen-bond acceptors (Lipinski definition) is 4. The maximum absolute atomic E-state index is 5.38. The van der Waals surface area contributed by atoms with Crippen LogP contribution in [0.15, 0.2) is 12.1 Å². The Morgan fingerprint density at radius 1 is 1.33 bits per heavy atom. The van der Waals surface area contributed by atoms with Crippen LogP contribution < -0.4 is 0 Å². The van der Waals surface area contributed by atoms with E-state index in [4.69, 9.17) is 4.74 Å². The van der Waals surface area contributed by atoms with Crippen LogP contribution in [-0.2, 0) is 11.3 Å². The fraction of sp³-hybridized carbons (Fsp3) is 0.765. The second kappa shape index (κ2) is 6.37. The predicted octanol–water partition coefficient (Wildman–Crippen LogP) is 2.99. The molecular weight excluding hydrogens is 280 g/mol. The Balaban J connectivity index is 1.53. The van der Waals surface area contributed by atoms with E-state index in [1.165, 1.54) is 48.7 Å². The zero-order valence-electron chi connectivity index (χ0n) is 13.6. The quantitative estimate of drug-likeness (QED) is 0.850. The molecule has 0 saturated carbocycles. The van der Waals surface area contributed by atoms with E-state index in [1.807, 2.05) is 18.4 Å². The second-order valence-electron chi connectivity index (χ2n) is 7.02. The molecule has 1 atom stereocenters. The fourth-order valence-corrected chi connectivity index (χ4v) is 5.03. The Morgan fingerprint density at radius 2 is 2.10 bits per heavy atom. The van der Waals surface area contributed by atoms with E-state index >= 15 is 0 Å². The van der Waals surface area contributed by atoms with Gasteiger partial charge in [0.1, 0.15) is 0 Å². The highest BCUT2D eigenvalue weighted by Crippen LogP contribution is 2.43. The molecule has 21 heavy (non-hydrogen) atoms. The summed E-state index contributed by atoms with van der Waals surface area (Å²) in [6, 6.07) is 5.16. The van der Waals surface area contributed by atoms with E-state index in [-0.39, 0.29) is 0 Å². The molecule has 2 aliphatic heterocycles. The molecule has 0 N–H and O–H groups in total. The van der Waals surface area contributed by atoms with Crippen molar-refractivity contribution in [3.05, 3.63) is 21.9 Å². The molecule has 118 valence electrons. The Kier molecular flexibility index (Phi) is 4.69. The van der Waals surface area contributed by atoms with Gasteiger partial charge in [-0.05, 0) is 63.9 Å². The Morgan fingerprint density at radius 3 is 2.71 bits per heavy atom. The van der Waals surface area contributed by atoms with Crippen molar-refractivity contribution in [2.24, 2.45) is 5.41 Å². The van der Waals surface area contributed by atoms with Crippen LogP contribution >= 0.6 is 11.3 Å². The van der Waals surface area contributed by atoms with Crippen molar-refractivity contribution in [3.63, 3.8) is 0 Å². The van der Waals surface area contributed by atoms with Gasteiger partial charge >= 0.3 is 0 Å². The smallest absolute Gasteiger partial charge is 0.0618 e. The summed E-state index contributed by atoms with van der Waals surface area (Å²) in [7, 11) is 4.09. The van der Waals surface area contributed by atoms with Crippen LogP contribution in [-0.4, -0.2) is 56.2 Å². The van der Waals surface area contributed by atoms with Gasteiger partial charge in [-0.15, -0.1) is 11.3 Å². The van der Waals surface area contributed by atoms with Crippen molar-refractivity contribution >= 4 is 11.3 Å². The van der Waals surface area contributed by atoms with Gasteiger partial charge in [0.05, 0.1) is 6.61 Å². The molecule has 3 nitrogen and oxygen atoms in total. The van der Waals surface area contributed by atoms with E-state index < -0.39 is 0 Å². The van der Waals surface area contributed by atoms with Gasteiger partial charge in [0.2, 0.25) is 0 Å².